The fourth-order valence-corrected chi connectivity index (χ4v) is 2.69. The maximum atomic E-state index is 12.4. The monoisotopic (exact) mass is 321 g/mol. The average molecular weight is 321 g/mol. The summed E-state index contributed by atoms with van der Waals surface area (Å²) in [6, 6.07) is 5.11. The first-order valence-corrected chi connectivity index (χ1v) is 7.81. The van der Waals surface area contributed by atoms with Crippen LogP contribution in [0.2, 0.25) is 0 Å². The van der Waals surface area contributed by atoms with Gasteiger partial charge in [-0.25, -0.2) is 4.79 Å². The normalized spacial score (nSPS) is 16.6. The smallest absolute Gasteiger partial charge is 0.341 e. The molecule has 1 saturated heterocycles. The van der Waals surface area contributed by atoms with E-state index in [1.807, 2.05) is 13.8 Å². The summed E-state index contributed by atoms with van der Waals surface area (Å²) in [5.41, 5.74) is 1.55. The molecule has 1 aromatic carbocycles. The zero-order chi connectivity index (χ0) is 16.8. The van der Waals surface area contributed by atoms with E-state index in [4.69, 9.17) is 14.6 Å². The van der Waals surface area contributed by atoms with Crippen LogP contribution in [-0.2, 0) is 14.3 Å². The van der Waals surface area contributed by atoms with E-state index in [1.54, 1.807) is 18.2 Å². The molecule has 6 nitrogen and oxygen atoms in total. The second kappa shape index (κ2) is 7.97. The van der Waals surface area contributed by atoms with Crippen LogP contribution in [0.4, 0.5) is 5.69 Å². The molecule has 1 heterocycles. The van der Waals surface area contributed by atoms with Crippen molar-refractivity contribution in [2.75, 3.05) is 25.1 Å². The Morgan fingerprint density at radius 2 is 2.09 bits per heavy atom. The Bertz CT molecular complexity index is 566. The van der Waals surface area contributed by atoms with Gasteiger partial charge in [-0.05, 0) is 49.4 Å². The molecular weight excluding hydrogens is 298 g/mol. The fourth-order valence-electron chi connectivity index (χ4n) is 2.69. The second-order valence-corrected chi connectivity index (χ2v) is 5.89. The molecule has 0 unspecified atom stereocenters. The maximum Gasteiger partial charge on any atom is 0.341 e. The second-order valence-electron chi connectivity index (χ2n) is 5.89. The van der Waals surface area contributed by atoms with Gasteiger partial charge >= 0.3 is 5.97 Å². The molecule has 6 heteroatoms. The van der Waals surface area contributed by atoms with Crippen molar-refractivity contribution in [3.8, 4) is 5.75 Å². The summed E-state index contributed by atoms with van der Waals surface area (Å²) in [5.74, 6) is -0.270. The van der Waals surface area contributed by atoms with Gasteiger partial charge in [0.1, 0.15) is 5.75 Å². The van der Waals surface area contributed by atoms with Gasteiger partial charge in [0.2, 0.25) is 5.91 Å². The number of hydrogen-bond acceptors (Lipinski definition) is 4. The number of nitrogens with one attached hydrogen (secondary N) is 1. The van der Waals surface area contributed by atoms with Gasteiger partial charge in [-0.3, -0.25) is 4.79 Å². The van der Waals surface area contributed by atoms with E-state index in [0.29, 0.717) is 11.7 Å². The Kier molecular flexibility index (Phi) is 5.98. The molecule has 1 atom stereocenters. The maximum absolute atomic E-state index is 12.4. The SMILES string of the molecule is Cc1cc(OCC(=O)O)ccc1NC(=O)[C@@H](C)C1CCOCC1. The van der Waals surface area contributed by atoms with Crippen molar-refractivity contribution in [2.24, 2.45) is 11.8 Å². The van der Waals surface area contributed by atoms with Crippen LogP contribution in [0.1, 0.15) is 25.3 Å². The molecule has 0 spiro atoms. The first kappa shape index (κ1) is 17.3. The van der Waals surface area contributed by atoms with E-state index >= 15 is 0 Å². The van der Waals surface area contributed by atoms with E-state index in [0.717, 1.165) is 37.3 Å². The van der Waals surface area contributed by atoms with Crippen molar-refractivity contribution in [3.05, 3.63) is 23.8 Å². The van der Waals surface area contributed by atoms with Crippen molar-refractivity contribution in [2.45, 2.75) is 26.7 Å². The van der Waals surface area contributed by atoms with E-state index in [1.165, 1.54) is 0 Å². The molecule has 0 aliphatic carbocycles. The Hall–Kier alpha value is -2.08. The zero-order valence-corrected chi connectivity index (χ0v) is 13.5. The van der Waals surface area contributed by atoms with Crippen molar-refractivity contribution >= 4 is 17.6 Å². The van der Waals surface area contributed by atoms with Crippen LogP contribution in [0.25, 0.3) is 0 Å². The van der Waals surface area contributed by atoms with Crippen LogP contribution < -0.4 is 10.1 Å². The summed E-state index contributed by atoms with van der Waals surface area (Å²) in [6.07, 6.45) is 1.82. The Labute approximate surface area is 135 Å². The van der Waals surface area contributed by atoms with Gasteiger partial charge in [0, 0.05) is 24.8 Å². The summed E-state index contributed by atoms with van der Waals surface area (Å²) in [5, 5.41) is 11.6. The number of amides is 1. The van der Waals surface area contributed by atoms with Crippen molar-refractivity contribution in [3.63, 3.8) is 0 Å². The standard InChI is InChI=1S/C17H23NO5/c1-11-9-14(23-10-16(19)20)3-4-15(11)18-17(21)12(2)13-5-7-22-8-6-13/h3-4,9,12-13H,5-8,10H2,1-2H3,(H,18,21)(H,19,20)/t12-/m0/s1. The highest BCUT2D eigenvalue weighted by molar-refractivity contribution is 5.93. The van der Waals surface area contributed by atoms with E-state index in [-0.39, 0.29) is 18.4 Å². The molecule has 0 aromatic heterocycles. The third-order valence-electron chi connectivity index (χ3n) is 4.20. The van der Waals surface area contributed by atoms with Crippen LogP contribution in [0.5, 0.6) is 5.75 Å². The molecule has 23 heavy (non-hydrogen) atoms. The minimum absolute atomic E-state index is 0.000737. The molecular formula is C17H23NO5. The lowest BCUT2D eigenvalue weighted by atomic mass is 9.86. The number of carbonyl (C=O) groups excluding carboxylic acids is 1. The van der Waals surface area contributed by atoms with Crippen LogP contribution in [-0.4, -0.2) is 36.8 Å². The molecule has 1 fully saturated rings. The summed E-state index contributed by atoms with van der Waals surface area (Å²) in [4.78, 5) is 22.9. The van der Waals surface area contributed by atoms with Gasteiger partial charge in [0.05, 0.1) is 0 Å². The van der Waals surface area contributed by atoms with Crippen molar-refractivity contribution < 1.29 is 24.2 Å². The quantitative estimate of drug-likeness (QED) is 0.841. The topological polar surface area (TPSA) is 84.9 Å². The number of aliphatic carboxylic acids is 1. The number of hydrogen-bond donors (Lipinski definition) is 2. The number of ether oxygens (including phenoxy) is 2. The molecule has 126 valence electrons. The van der Waals surface area contributed by atoms with Gasteiger partial charge in [0.25, 0.3) is 0 Å². The zero-order valence-electron chi connectivity index (χ0n) is 13.5. The molecule has 2 rings (SSSR count). The lowest BCUT2D eigenvalue weighted by molar-refractivity contribution is -0.139. The van der Waals surface area contributed by atoms with E-state index in [2.05, 4.69) is 5.32 Å². The van der Waals surface area contributed by atoms with Crippen LogP contribution in [0, 0.1) is 18.8 Å². The molecule has 1 amide bonds. The lowest BCUT2D eigenvalue weighted by Gasteiger charge is -2.27. The number of carbonyl (C=O) groups is 2. The third-order valence-corrected chi connectivity index (χ3v) is 4.20. The minimum Gasteiger partial charge on any atom is -0.482 e. The fraction of sp³-hybridized carbons (Fsp3) is 0.529. The molecule has 0 radical (unpaired) electrons. The highest BCUT2D eigenvalue weighted by atomic mass is 16.5. The molecule has 2 N–H and O–H groups in total. The lowest BCUT2D eigenvalue weighted by Crippen LogP contribution is -2.31. The van der Waals surface area contributed by atoms with Crippen LogP contribution in [0.3, 0.4) is 0 Å². The highest BCUT2D eigenvalue weighted by Crippen LogP contribution is 2.26. The highest BCUT2D eigenvalue weighted by Gasteiger charge is 2.26. The Morgan fingerprint density at radius 3 is 2.70 bits per heavy atom. The molecule has 0 bridgehead atoms. The first-order chi connectivity index (χ1) is 11.0. The summed E-state index contributed by atoms with van der Waals surface area (Å²) >= 11 is 0. The van der Waals surface area contributed by atoms with E-state index < -0.39 is 5.97 Å². The van der Waals surface area contributed by atoms with Gasteiger partial charge < -0.3 is 19.9 Å². The number of aryl methyl sites for hydroxylation is 1. The van der Waals surface area contributed by atoms with Crippen LogP contribution >= 0.6 is 0 Å². The molecule has 1 aliphatic rings. The van der Waals surface area contributed by atoms with Crippen molar-refractivity contribution in [1.82, 2.24) is 0 Å². The summed E-state index contributed by atoms with van der Waals surface area (Å²) < 4.78 is 10.5. The summed E-state index contributed by atoms with van der Waals surface area (Å²) in [6.45, 7) is 4.85. The predicted octanol–water partition coefficient (Wildman–Crippen LogP) is 2.46. The molecule has 1 aromatic rings. The number of carboxylic acids is 1. The number of anilines is 1. The molecule has 1 aliphatic heterocycles. The van der Waals surface area contributed by atoms with Crippen molar-refractivity contribution in [1.29, 1.82) is 0 Å². The first-order valence-electron chi connectivity index (χ1n) is 7.81. The largest absolute Gasteiger partial charge is 0.482 e. The number of rotatable bonds is 6. The average Bonchev–Trinajstić information content (AvgIpc) is 2.55. The minimum atomic E-state index is -1.02. The van der Waals surface area contributed by atoms with Gasteiger partial charge in [-0.2, -0.15) is 0 Å². The van der Waals surface area contributed by atoms with Gasteiger partial charge in [-0.1, -0.05) is 6.92 Å². The number of benzene rings is 1. The predicted molar refractivity (Wildman–Crippen MR) is 85.6 cm³/mol. The Balaban J connectivity index is 1.96. The van der Waals surface area contributed by atoms with Gasteiger partial charge in [0.15, 0.2) is 6.61 Å². The molecule has 0 saturated carbocycles. The summed E-state index contributed by atoms with van der Waals surface area (Å²) in [7, 11) is 0. The third kappa shape index (κ3) is 4.96. The number of carboxylic acid groups (broad SMARTS) is 1. The van der Waals surface area contributed by atoms with E-state index in [9.17, 15) is 9.59 Å². The Morgan fingerprint density at radius 1 is 1.39 bits per heavy atom. The van der Waals surface area contributed by atoms with Crippen LogP contribution in [0.15, 0.2) is 18.2 Å². The van der Waals surface area contributed by atoms with Gasteiger partial charge in [-0.15, -0.1) is 0 Å².